The number of hydrogen-bond acceptors (Lipinski definition) is 4. The van der Waals surface area contributed by atoms with Crippen LogP contribution in [-0.2, 0) is 6.42 Å². The number of amides is 2. The highest BCUT2D eigenvalue weighted by atomic mass is 16.5. The zero-order chi connectivity index (χ0) is 18.2. The fraction of sp³-hybridized carbons (Fsp3) is 0.263. The molecule has 0 atom stereocenters. The second-order valence-electron chi connectivity index (χ2n) is 5.86. The van der Waals surface area contributed by atoms with E-state index in [2.05, 4.69) is 15.8 Å². The highest BCUT2D eigenvalue weighted by molar-refractivity contribution is 6.00. The molecule has 2 N–H and O–H groups in total. The molecule has 2 amide bonds. The van der Waals surface area contributed by atoms with E-state index in [0.29, 0.717) is 16.9 Å². The fourth-order valence-electron chi connectivity index (χ4n) is 2.31. The average Bonchev–Trinajstić information content (AvgIpc) is 2.64. The van der Waals surface area contributed by atoms with Crippen molar-refractivity contribution in [1.82, 2.24) is 15.8 Å². The summed E-state index contributed by atoms with van der Waals surface area (Å²) >= 11 is 0. The lowest BCUT2D eigenvalue weighted by molar-refractivity contribution is 0.0845. The zero-order valence-corrected chi connectivity index (χ0v) is 14.7. The van der Waals surface area contributed by atoms with Gasteiger partial charge in [0.2, 0.25) is 0 Å². The quantitative estimate of drug-likeness (QED) is 0.787. The van der Waals surface area contributed by atoms with Gasteiger partial charge in [0.1, 0.15) is 5.75 Å². The van der Waals surface area contributed by atoms with E-state index < -0.39 is 5.91 Å². The van der Waals surface area contributed by atoms with Crippen molar-refractivity contribution in [3.8, 4) is 5.75 Å². The molecule has 6 nitrogen and oxygen atoms in total. The molecule has 25 heavy (non-hydrogen) atoms. The van der Waals surface area contributed by atoms with Crippen LogP contribution in [0.1, 0.15) is 26.3 Å². The first-order chi connectivity index (χ1) is 12.0. The third-order valence-electron chi connectivity index (χ3n) is 3.68. The Morgan fingerprint density at radius 2 is 1.72 bits per heavy atom. The zero-order valence-electron chi connectivity index (χ0n) is 14.7. The van der Waals surface area contributed by atoms with Crippen LogP contribution in [-0.4, -0.2) is 44.5 Å². The number of carbonyl (C=O) groups excluding carboxylic acids is 2. The number of para-hydroxylation sites is 1. The molecule has 0 saturated carbocycles. The molecule has 0 aromatic heterocycles. The van der Waals surface area contributed by atoms with Crippen molar-refractivity contribution >= 4 is 11.8 Å². The molecule has 0 saturated heterocycles. The van der Waals surface area contributed by atoms with Crippen molar-refractivity contribution in [3.05, 3.63) is 65.2 Å². The molecule has 0 aliphatic carbocycles. The van der Waals surface area contributed by atoms with E-state index in [1.165, 1.54) is 7.11 Å². The molecule has 2 aromatic rings. The summed E-state index contributed by atoms with van der Waals surface area (Å²) in [6, 6.07) is 14.2. The number of rotatable bonds is 6. The number of methoxy groups -OCH3 is 1. The maximum absolute atomic E-state index is 12.3. The lowest BCUT2D eigenvalue weighted by atomic mass is 10.1. The van der Waals surface area contributed by atoms with Crippen LogP contribution in [0.15, 0.2) is 48.5 Å². The standard InChI is InChI=1S/C19H23N3O3/c1-22(2)12-11-14-7-6-8-15(13-14)18(23)20-21-19(24)16-9-4-5-10-17(16)25-3/h4-10,13H,11-12H2,1-3H3,(H,20,23)(H,21,24). The Morgan fingerprint density at radius 1 is 1.00 bits per heavy atom. The summed E-state index contributed by atoms with van der Waals surface area (Å²) < 4.78 is 5.14. The van der Waals surface area contributed by atoms with Gasteiger partial charge in [-0.1, -0.05) is 24.3 Å². The summed E-state index contributed by atoms with van der Waals surface area (Å²) in [6.07, 6.45) is 0.849. The highest BCUT2D eigenvalue weighted by Gasteiger charge is 2.13. The predicted octanol–water partition coefficient (Wildman–Crippen LogP) is 1.87. The normalized spacial score (nSPS) is 10.4. The first kappa shape index (κ1) is 18.5. The second kappa shape index (κ2) is 8.84. The summed E-state index contributed by atoms with van der Waals surface area (Å²) in [6.45, 7) is 0.898. The third-order valence-corrected chi connectivity index (χ3v) is 3.68. The van der Waals surface area contributed by atoms with E-state index in [9.17, 15) is 9.59 Å². The molecular weight excluding hydrogens is 318 g/mol. The van der Waals surface area contributed by atoms with Crippen molar-refractivity contribution in [2.24, 2.45) is 0 Å². The molecule has 0 radical (unpaired) electrons. The summed E-state index contributed by atoms with van der Waals surface area (Å²) in [7, 11) is 5.50. The predicted molar refractivity (Wildman–Crippen MR) is 96.6 cm³/mol. The topological polar surface area (TPSA) is 70.7 Å². The maximum Gasteiger partial charge on any atom is 0.273 e. The fourth-order valence-corrected chi connectivity index (χ4v) is 2.31. The van der Waals surface area contributed by atoms with Crippen LogP contribution in [0.4, 0.5) is 0 Å². The maximum atomic E-state index is 12.3. The van der Waals surface area contributed by atoms with Gasteiger partial charge < -0.3 is 9.64 Å². The molecule has 0 aliphatic heterocycles. The molecule has 0 bridgehead atoms. The van der Waals surface area contributed by atoms with Gasteiger partial charge in [0.25, 0.3) is 11.8 Å². The van der Waals surface area contributed by atoms with E-state index in [1.807, 2.05) is 32.3 Å². The highest BCUT2D eigenvalue weighted by Crippen LogP contribution is 2.16. The molecule has 0 unspecified atom stereocenters. The van der Waals surface area contributed by atoms with Crippen LogP contribution in [0.5, 0.6) is 5.75 Å². The second-order valence-corrected chi connectivity index (χ2v) is 5.86. The number of hydrazine groups is 1. The third kappa shape index (κ3) is 5.32. The molecule has 0 spiro atoms. The lowest BCUT2D eigenvalue weighted by Gasteiger charge is -2.12. The van der Waals surface area contributed by atoms with Crippen molar-refractivity contribution in [3.63, 3.8) is 0 Å². The Balaban J connectivity index is 1.98. The van der Waals surface area contributed by atoms with Gasteiger partial charge in [-0.2, -0.15) is 0 Å². The number of ether oxygens (including phenoxy) is 1. The number of benzene rings is 2. The molecule has 6 heteroatoms. The number of carbonyl (C=O) groups is 2. The lowest BCUT2D eigenvalue weighted by Crippen LogP contribution is -2.41. The molecule has 2 aromatic carbocycles. The van der Waals surface area contributed by atoms with Gasteiger partial charge in [-0.25, -0.2) is 0 Å². The van der Waals surface area contributed by atoms with Crippen LogP contribution < -0.4 is 15.6 Å². The number of nitrogens with one attached hydrogen (secondary N) is 2. The molecular formula is C19H23N3O3. The molecule has 0 heterocycles. The van der Waals surface area contributed by atoms with E-state index in [0.717, 1.165) is 18.5 Å². The van der Waals surface area contributed by atoms with Crippen molar-refractivity contribution < 1.29 is 14.3 Å². The van der Waals surface area contributed by atoms with Crippen molar-refractivity contribution in [2.75, 3.05) is 27.7 Å². The van der Waals surface area contributed by atoms with Crippen LogP contribution in [0.25, 0.3) is 0 Å². The van der Waals surface area contributed by atoms with E-state index >= 15 is 0 Å². The minimum Gasteiger partial charge on any atom is -0.496 e. The van der Waals surface area contributed by atoms with Crippen LogP contribution >= 0.6 is 0 Å². The number of hydrogen-bond donors (Lipinski definition) is 2. The SMILES string of the molecule is COc1ccccc1C(=O)NNC(=O)c1cccc(CCN(C)C)c1. The molecule has 0 fully saturated rings. The van der Waals surface area contributed by atoms with Crippen LogP contribution in [0.2, 0.25) is 0 Å². The first-order valence-electron chi connectivity index (χ1n) is 7.98. The van der Waals surface area contributed by atoms with E-state index in [1.54, 1.807) is 30.3 Å². The number of nitrogens with zero attached hydrogens (tertiary/aromatic N) is 1. The van der Waals surface area contributed by atoms with Gasteiger partial charge in [0.05, 0.1) is 12.7 Å². The minimum atomic E-state index is -0.436. The van der Waals surface area contributed by atoms with Crippen LogP contribution in [0, 0.1) is 0 Å². The first-order valence-corrected chi connectivity index (χ1v) is 7.98. The van der Waals surface area contributed by atoms with Crippen molar-refractivity contribution in [2.45, 2.75) is 6.42 Å². The van der Waals surface area contributed by atoms with Gasteiger partial charge in [0.15, 0.2) is 0 Å². The Labute approximate surface area is 147 Å². The number of likely N-dealkylation sites (N-methyl/N-ethyl adjacent to an activating group) is 1. The summed E-state index contributed by atoms with van der Waals surface area (Å²) in [5.74, 6) is -0.357. The van der Waals surface area contributed by atoms with Gasteiger partial charge >= 0.3 is 0 Å². The Kier molecular flexibility index (Phi) is 6.54. The van der Waals surface area contributed by atoms with Gasteiger partial charge in [-0.3, -0.25) is 20.4 Å². The van der Waals surface area contributed by atoms with E-state index in [4.69, 9.17) is 4.74 Å². The monoisotopic (exact) mass is 341 g/mol. The Hall–Kier alpha value is -2.86. The molecule has 132 valence electrons. The Bertz CT molecular complexity index is 744. The molecule has 2 rings (SSSR count). The minimum absolute atomic E-state index is 0.352. The van der Waals surface area contributed by atoms with Crippen molar-refractivity contribution in [1.29, 1.82) is 0 Å². The summed E-state index contributed by atoms with van der Waals surface area (Å²) in [5.41, 5.74) is 6.77. The van der Waals surface area contributed by atoms with E-state index in [-0.39, 0.29) is 5.91 Å². The van der Waals surface area contributed by atoms with Gasteiger partial charge in [-0.05, 0) is 50.3 Å². The van der Waals surface area contributed by atoms with Gasteiger partial charge in [0, 0.05) is 12.1 Å². The average molecular weight is 341 g/mol. The van der Waals surface area contributed by atoms with Crippen LogP contribution in [0.3, 0.4) is 0 Å². The summed E-state index contributed by atoms with van der Waals surface area (Å²) in [5, 5.41) is 0. The Morgan fingerprint density at radius 3 is 2.44 bits per heavy atom. The summed E-state index contributed by atoms with van der Waals surface area (Å²) in [4.78, 5) is 26.5. The largest absolute Gasteiger partial charge is 0.496 e. The molecule has 0 aliphatic rings. The van der Waals surface area contributed by atoms with Gasteiger partial charge in [-0.15, -0.1) is 0 Å². The smallest absolute Gasteiger partial charge is 0.273 e.